The Balaban J connectivity index is 1.86. The van der Waals surface area contributed by atoms with E-state index in [2.05, 4.69) is 17.6 Å². The molecule has 2 aromatic rings. The van der Waals surface area contributed by atoms with Crippen LogP contribution in [0.15, 0.2) is 42.5 Å². The van der Waals surface area contributed by atoms with Crippen LogP contribution in [-0.4, -0.2) is 18.4 Å². The van der Waals surface area contributed by atoms with Crippen LogP contribution in [0.25, 0.3) is 0 Å². The van der Waals surface area contributed by atoms with E-state index in [1.807, 2.05) is 25.1 Å². The van der Waals surface area contributed by atoms with Gasteiger partial charge < -0.3 is 10.6 Å². The average molecular weight is 345 g/mol. The lowest BCUT2D eigenvalue weighted by Crippen LogP contribution is -2.27. The molecule has 2 rings (SSSR count). The minimum atomic E-state index is -0.218. The van der Waals surface area contributed by atoms with Gasteiger partial charge >= 0.3 is 0 Å². The molecule has 0 heterocycles. The summed E-state index contributed by atoms with van der Waals surface area (Å²) in [5, 5.41) is 6.26. The number of amides is 2. The minimum Gasteiger partial charge on any atom is -0.352 e. The molecular formula is C19H21ClN2O2. The fourth-order valence-electron chi connectivity index (χ4n) is 2.40. The Morgan fingerprint density at radius 2 is 1.79 bits per heavy atom. The van der Waals surface area contributed by atoms with Gasteiger partial charge in [0, 0.05) is 29.2 Å². The number of para-hydroxylation sites is 1. The van der Waals surface area contributed by atoms with Crippen molar-refractivity contribution in [3.05, 3.63) is 64.2 Å². The number of anilines is 1. The van der Waals surface area contributed by atoms with Crippen molar-refractivity contribution in [1.29, 1.82) is 0 Å². The molecule has 0 saturated carbocycles. The molecular weight excluding hydrogens is 324 g/mol. The van der Waals surface area contributed by atoms with Gasteiger partial charge in [-0.3, -0.25) is 9.59 Å². The van der Waals surface area contributed by atoms with E-state index in [1.165, 1.54) is 0 Å². The average Bonchev–Trinajstić information content (AvgIpc) is 2.57. The second kappa shape index (κ2) is 8.50. The van der Waals surface area contributed by atoms with Gasteiger partial charge in [-0.1, -0.05) is 36.7 Å². The van der Waals surface area contributed by atoms with E-state index in [9.17, 15) is 9.59 Å². The van der Waals surface area contributed by atoms with Crippen LogP contribution in [0.3, 0.4) is 0 Å². The van der Waals surface area contributed by atoms with Crippen LogP contribution in [-0.2, 0) is 11.2 Å². The number of carbonyl (C=O) groups excluding carboxylic acids is 2. The predicted octanol–water partition coefficient (Wildman–Crippen LogP) is 3.97. The maximum atomic E-state index is 12.1. The lowest BCUT2D eigenvalue weighted by Gasteiger charge is -2.13. The molecule has 0 aliphatic heterocycles. The van der Waals surface area contributed by atoms with Crippen molar-refractivity contribution in [1.82, 2.24) is 5.32 Å². The van der Waals surface area contributed by atoms with Crippen LogP contribution in [0, 0.1) is 6.92 Å². The molecule has 0 radical (unpaired) electrons. The van der Waals surface area contributed by atoms with Crippen LogP contribution in [0.4, 0.5) is 5.69 Å². The summed E-state index contributed by atoms with van der Waals surface area (Å²) in [5.41, 5.74) is 3.53. The summed E-state index contributed by atoms with van der Waals surface area (Å²) in [4.78, 5) is 24.1. The van der Waals surface area contributed by atoms with Crippen LogP contribution in [0.1, 0.15) is 34.8 Å². The standard InChI is InChI=1S/C19H21ClN2O2/c1-3-14-6-4-5-13(2)18(14)22-17(23)11-12-21-19(24)15-7-9-16(20)10-8-15/h4-10H,3,11-12H2,1-2H3,(H,21,24)(H,22,23). The second-order valence-corrected chi connectivity index (χ2v) is 5.96. The van der Waals surface area contributed by atoms with Crippen LogP contribution in [0.5, 0.6) is 0 Å². The normalized spacial score (nSPS) is 10.3. The number of hydrogen-bond donors (Lipinski definition) is 2. The molecule has 0 aliphatic rings. The molecule has 0 unspecified atom stereocenters. The Bertz CT molecular complexity index is 727. The van der Waals surface area contributed by atoms with E-state index in [1.54, 1.807) is 24.3 Å². The highest BCUT2D eigenvalue weighted by atomic mass is 35.5. The Kier molecular flexibility index (Phi) is 6.38. The maximum absolute atomic E-state index is 12.1. The van der Waals surface area contributed by atoms with Crippen molar-refractivity contribution >= 4 is 29.1 Å². The summed E-state index contributed by atoms with van der Waals surface area (Å²) < 4.78 is 0. The molecule has 2 aromatic carbocycles. The van der Waals surface area contributed by atoms with Gasteiger partial charge in [0.2, 0.25) is 5.91 Å². The highest BCUT2D eigenvalue weighted by Gasteiger charge is 2.10. The molecule has 0 fully saturated rings. The van der Waals surface area contributed by atoms with Gasteiger partial charge in [-0.2, -0.15) is 0 Å². The highest BCUT2D eigenvalue weighted by Crippen LogP contribution is 2.21. The number of benzene rings is 2. The molecule has 24 heavy (non-hydrogen) atoms. The zero-order valence-electron chi connectivity index (χ0n) is 13.9. The molecule has 2 N–H and O–H groups in total. The van der Waals surface area contributed by atoms with E-state index in [4.69, 9.17) is 11.6 Å². The van der Waals surface area contributed by atoms with Crippen molar-refractivity contribution in [2.45, 2.75) is 26.7 Å². The summed E-state index contributed by atoms with van der Waals surface area (Å²) in [7, 11) is 0. The monoisotopic (exact) mass is 344 g/mol. The quantitative estimate of drug-likeness (QED) is 0.833. The molecule has 126 valence electrons. The Morgan fingerprint density at radius 3 is 2.46 bits per heavy atom. The lowest BCUT2D eigenvalue weighted by atomic mass is 10.1. The molecule has 0 saturated heterocycles. The molecule has 2 amide bonds. The number of hydrogen-bond acceptors (Lipinski definition) is 2. The van der Waals surface area contributed by atoms with Crippen LogP contribution >= 0.6 is 11.6 Å². The molecule has 0 aliphatic carbocycles. The Hall–Kier alpha value is -2.33. The molecule has 4 nitrogen and oxygen atoms in total. The first-order chi connectivity index (χ1) is 11.5. The van der Waals surface area contributed by atoms with Gasteiger partial charge in [-0.05, 0) is 48.7 Å². The third-order valence-electron chi connectivity index (χ3n) is 3.75. The summed E-state index contributed by atoms with van der Waals surface area (Å²) in [6.45, 7) is 4.30. The van der Waals surface area contributed by atoms with Gasteiger partial charge in [0.05, 0.1) is 0 Å². The van der Waals surface area contributed by atoms with E-state index in [0.717, 1.165) is 23.2 Å². The van der Waals surface area contributed by atoms with E-state index in [-0.39, 0.29) is 24.8 Å². The number of carbonyl (C=O) groups is 2. The molecule has 0 spiro atoms. The van der Waals surface area contributed by atoms with Crippen LogP contribution < -0.4 is 10.6 Å². The van der Waals surface area contributed by atoms with Crippen molar-refractivity contribution < 1.29 is 9.59 Å². The fraction of sp³-hybridized carbons (Fsp3) is 0.263. The predicted molar refractivity (Wildman–Crippen MR) is 97.6 cm³/mol. The summed E-state index contributed by atoms with van der Waals surface area (Å²) in [6.07, 6.45) is 1.07. The molecule has 0 bridgehead atoms. The van der Waals surface area contributed by atoms with Gasteiger partial charge in [0.15, 0.2) is 0 Å². The number of nitrogens with one attached hydrogen (secondary N) is 2. The SMILES string of the molecule is CCc1cccc(C)c1NC(=O)CCNC(=O)c1ccc(Cl)cc1. The minimum absolute atomic E-state index is 0.115. The number of rotatable bonds is 6. The first-order valence-corrected chi connectivity index (χ1v) is 8.31. The zero-order valence-corrected chi connectivity index (χ0v) is 14.6. The maximum Gasteiger partial charge on any atom is 0.251 e. The topological polar surface area (TPSA) is 58.2 Å². The van der Waals surface area contributed by atoms with E-state index in [0.29, 0.717) is 10.6 Å². The molecule has 5 heteroatoms. The van der Waals surface area contributed by atoms with Crippen molar-refractivity contribution in [2.24, 2.45) is 0 Å². The van der Waals surface area contributed by atoms with Gasteiger partial charge in [-0.15, -0.1) is 0 Å². The Labute approximate surface area is 147 Å². The first-order valence-electron chi connectivity index (χ1n) is 7.93. The largest absolute Gasteiger partial charge is 0.352 e. The number of aryl methyl sites for hydroxylation is 2. The third-order valence-corrected chi connectivity index (χ3v) is 4.00. The van der Waals surface area contributed by atoms with Crippen molar-refractivity contribution in [3.8, 4) is 0 Å². The smallest absolute Gasteiger partial charge is 0.251 e. The summed E-state index contributed by atoms with van der Waals surface area (Å²) in [5.74, 6) is -0.333. The van der Waals surface area contributed by atoms with E-state index >= 15 is 0 Å². The first kappa shape index (κ1) is 18.0. The summed E-state index contributed by atoms with van der Waals surface area (Å²) in [6, 6.07) is 12.6. The Morgan fingerprint density at radius 1 is 1.08 bits per heavy atom. The second-order valence-electron chi connectivity index (χ2n) is 5.52. The summed E-state index contributed by atoms with van der Waals surface area (Å²) >= 11 is 5.79. The lowest BCUT2D eigenvalue weighted by molar-refractivity contribution is -0.116. The number of halogens is 1. The molecule has 0 aromatic heterocycles. The van der Waals surface area contributed by atoms with Gasteiger partial charge in [0.25, 0.3) is 5.91 Å². The third kappa shape index (κ3) is 4.83. The zero-order chi connectivity index (χ0) is 17.5. The van der Waals surface area contributed by atoms with Crippen molar-refractivity contribution in [3.63, 3.8) is 0 Å². The fourth-order valence-corrected chi connectivity index (χ4v) is 2.52. The highest BCUT2D eigenvalue weighted by molar-refractivity contribution is 6.30. The van der Waals surface area contributed by atoms with Gasteiger partial charge in [0.1, 0.15) is 0 Å². The van der Waals surface area contributed by atoms with E-state index < -0.39 is 0 Å². The van der Waals surface area contributed by atoms with Crippen LogP contribution in [0.2, 0.25) is 5.02 Å². The molecule has 0 atom stereocenters. The van der Waals surface area contributed by atoms with Crippen molar-refractivity contribution in [2.75, 3.05) is 11.9 Å². The van der Waals surface area contributed by atoms with Gasteiger partial charge in [-0.25, -0.2) is 0 Å².